The van der Waals surface area contributed by atoms with E-state index in [4.69, 9.17) is 15.2 Å². The first kappa shape index (κ1) is 27.0. The molecule has 1 aliphatic heterocycles. The third-order valence-electron chi connectivity index (χ3n) is 8.48. The van der Waals surface area contributed by atoms with Crippen molar-refractivity contribution in [3.63, 3.8) is 0 Å². The van der Waals surface area contributed by atoms with Crippen LogP contribution in [-0.2, 0) is 26.1 Å². The van der Waals surface area contributed by atoms with E-state index in [1.807, 2.05) is 41.5 Å². The standard InChI is InChI=1S/C30H46N2O4/c1-27(2,3)35-25(33)24(22-11-18-32(20-22)26(34)36-28(4,5)6)19-21-7-9-23(10-8-21)29-12-15-30(31,16-13-29)17-14-29/h7-10,22,24H,11-20,31H2,1-6H3/t22-,24-,29?,30?/m0/s1. The molecule has 3 aliphatic carbocycles. The van der Waals surface area contributed by atoms with E-state index in [0.29, 0.717) is 19.5 Å². The highest BCUT2D eigenvalue weighted by atomic mass is 16.6. The van der Waals surface area contributed by atoms with Crippen LogP contribution in [0.2, 0.25) is 0 Å². The van der Waals surface area contributed by atoms with Crippen molar-refractivity contribution in [1.82, 2.24) is 4.90 Å². The minimum atomic E-state index is -0.554. The lowest BCUT2D eigenvalue weighted by Gasteiger charge is -2.52. The Bertz CT molecular complexity index is 932. The molecule has 36 heavy (non-hydrogen) atoms. The van der Waals surface area contributed by atoms with E-state index in [9.17, 15) is 9.59 Å². The summed E-state index contributed by atoms with van der Waals surface area (Å²) >= 11 is 0. The highest BCUT2D eigenvalue weighted by Gasteiger charge is 2.47. The Morgan fingerprint density at radius 3 is 2.03 bits per heavy atom. The predicted molar refractivity (Wildman–Crippen MR) is 142 cm³/mol. The molecule has 3 saturated carbocycles. The van der Waals surface area contributed by atoms with Crippen LogP contribution in [-0.4, -0.2) is 46.8 Å². The van der Waals surface area contributed by atoms with Crippen molar-refractivity contribution in [2.45, 2.75) is 115 Å². The van der Waals surface area contributed by atoms with E-state index in [-0.39, 0.29) is 34.9 Å². The summed E-state index contributed by atoms with van der Waals surface area (Å²) in [7, 11) is 0. The maximum Gasteiger partial charge on any atom is 0.410 e. The first-order valence-electron chi connectivity index (χ1n) is 13.8. The Morgan fingerprint density at radius 1 is 0.944 bits per heavy atom. The second-order valence-corrected chi connectivity index (χ2v) is 13.7. The fraction of sp³-hybridized carbons (Fsp3) is 0.733. The fourth-order valence-electron chi connectivity index (χ4n) is 6.32. The van der Waals surface area contributed by atoms with Gasteiger partial charge in [-0.2, -0.15) is 0 Å². The van der Waals surface area contributed by atoms with Crippen molar-refractivity contribution < 1.29 is 19.1 Å². The molecule has 1 saturated heterocycles. The Labute approximate surface area is 217 Å². The summed E-state index contributed by atoms with van der Waals surface area (Å²) in [6.07, 6.45) is 7.94. The number of carbonyl (C=O) groups excluding carboxylic acids is 2. The molecule has 2 N–H and O–H groups in total. The van der Waals surface area contributed by atoms with Crippen LogP contribution in [0.5, 0.6) is 0 Å². The second kappa shape index (κ2) is 9.66. The Balaban J connectivity index is 1.47. The molecule has 0 aromatic heterocycles. The lowest BCUT2D eigenvalue weighted by molar-refractivity contribution is -0.161. The van der Waals surface area contributed by atoms with Crippen LogP contribution >= 0.6 is 0 Å². The minimum Gasteiger partial charge on any atom is -0.460 e. The van der Waals surface area contributed by atoms with Gasteiger partial charge < -0.3 is 20.1 Å². The molecular formula is C30H46N2O4. The summed E-state index contributed by atoms with van der Waals surface area (Å²) in [6, 6.07) is 8.94. The van der Waals surface area contributed by atoms with E-state index in [1.54, 1.807) is 4.90 Å². The topological polar surface area (TPSA) is 81.9 Å². The van der Waals surface area contributed by atoms with Gasteiger partial charge in [-0.3, -0.25) is 4.79 Å². The van der Waals surface area contributed by atoms with Gasteiger partial charge in [-0.15, -0.1) is 0 Å². The molecule has 200 valence electrons. The zero-order valence-electron chi connectivity index (χ0n) is 23.2. The van der Waals surface area contributed by atoms with Crippen LogP contribution in [0, 0.1) is 11.8 Å². The average molecular weight is 499 g/mol. The molecular weight excluding hydrogens is 452 g/mol. The summed E-state index contributed by atoms with van der Waals surface area (Å²) in [5.74, 6) is -0.442. The summed E-state index contributed by atoms with van der Waals surface area (Å²) in [6.45, 7) is 12.4. The van der Waals surface area contributed by atoms with E-state index in [0.717, 1.165) is 31.2 Å². The van der Waals surface area contributed by atoms with Crippen molar-refractivity contribution in [3.05, 3.63) is 35.4 Å². The zero-order chi connectivity index (χ0) is 26.4. The Kier molecular flexibility index (Phi) is 7.24. The number of rotatable bonds is 5. The van der Waals surface area contributed by atoms with Gasteiger partial charge >= 0.3 is 12.1 Å². The molecule has 0 spiro atoms. The van der Waals surface area contributed by atoms with Crippen LogP contribution in [0.25, 0.3) is 0 Å². The van der Waals surface area contributed by atoms with Gasteiger partial charge in [0, 0.05) is 18.6 Å². The van der Waals surface area contributed by atoms with E-state index < -0.39 is 11.2 Å². The van der Waals surface area contributed by atoms with Gasteiger partial charge in [-0.1, -0.05) is 24.3 Å². The molecule has 6 nitrogen and oxygen atoms in total. The zero-order valence-corrected chi connectivity index (χ0v) is 23.2. The molecule has 0 unspecified atom stereocenters. The van der Waals surface area contributed by atoms with Gasteiger partial charge in [0.25, 0.3) is 0 Å². The number of fused-ring (bicyclic) bond motifs is 3. The molecule has 2 bridgehead atoms. The SMILES string of the molecule is CC(C)(C)OC(=O)[C@@H](Cc1ccc(C23CCC(N)(CC2)CC3)cc1)[C@H]1CCN(C(=O)OC(C)(C)C)C1. The third kappa shape index (κ3) is 6.24. The smallest absolute Gasteiger partial charge is 0.410 e. The molecule has 2 atom stereocenters. The van der Waals surface area contributed by atoms with Gasteiger partial charge in [0.05, 0.1) is 5.92 Å². The molecule has 1 amide bonds. The Morgan fingerprint density at radius 2 is 1.50 bits per heavy atom. The van der Waals surface area contributed by atoms with Crippen LogP contribution in [0.1, 0.15) is 97.6 Å². The number of nitrogens with two attached hydrogens (primary N) is 1. The van der Waals surface area contributed by atoms with Crippen molar-refractivity contribution >= 4 is 12.1 Å². The first-order chi connectivity index (χ1) is 16.7. The summed E-state index contributed by atoms with van der Waals surface area (Å²) < 4.78 is 11.4. The maximum absolute atomic E-state index is 13.3. The molecule has 4 fully saturated rings. The van der Waals surface area contributed by atoms with Crippen LogP contribution in [0.4, 0.5) is 4.79 Å². The molecule has 6 heteroatoms. The molecule has 4 aliphatic rings. The van der Waals surface area contributed by atoms with Gasteiger partial charge in [-0.25, -0.2) is 4.79 Å². The maximum atomic E-state index is 13.3. The highest BCUT2D eigenvalue weighted by Crippen LogP contribution is 2.52. The highest BCUT2D eigenvalue weighted by molar-refractivity contribution is 5.74. The number of benzene rings is 1. The number of carbonyl (C=O) groups is 2. The minimum absolute atomic E-state index is 0.0417. The summed E-state index contributed by atoms with van der Waals surface area (Å²) in [5, 5.41) is 0. The van der Waals surface area contributed by atoms with Gasteiger partial charge in [0.2, 0.25) is 0 Å². The van der Waals surface area contributed by atoms with Crippen LogP contribution in [0.3, 0.4) is 0 Å². The first-order valence-corrected chi connectivity index (χ1v) is 13.8. The number of nitrogens with zero attached hydrogens (tertiary/aromatic N) is 1. The number of esters is 1. The molecule has 1 heterocycles. The normalized spacial score (nSPS) is 29.2. The van der Waals surface area contributed by atoms with Crippen molar-refractivity contribution in [2.24, 2.45) is 17.6 Å². The van der Waals surface area contributed by atoms with Crippen LogP contribution < -0.4 is 5.73 Å². The lowest BCUT2D eigenvalue weighted by Crippen LogP contribution is -2.53. The van der Waals surface area contributed by atoms with Crippen molar-refractivity contribution in [1.29, 1.82) is 0 Å². The number of ether oxygens (including phenoxy) is 2. The number of likely N-dealkylation sites (tertiary alicyclic amines) is 1. The largest absolute Gasteiger partial charge is 0.460 e. The number of hydrogen-bond donors (Lipinski definition) is 1. The Hall–Kier alpha value is -2.08. The monoisotopic (exact) mass is 498 g/mol. The molecule has 1 aromatic carbocycles. The lowest BCUT2D eigenvalue weighted by atomic mass is 9.55. The molecule has 1 aromatic rings. The van der Waals surface area contributed by atoms with Crippen LogP contribution in [0.15, 0.2) is 24.3 Å². The number of hydrogen-bond acceptors (Lipinski definition) is 5. The van der Waals surface area contributed by atoms with E-state index >= 15 is 0 Å². The van der Waals surface area contributed by atoms with Crippen molar-refractivity contribution in [3.8, 4) is 0 Å². The van der Waals surface area contributed by atoms with Crippen molar-refractivity contribution in [2.75, 3.05) is 13.1 Å². The molecule has 0 radical (unpaired) electrons. The summed E-state index contributed by atoms with van der Waals surface area (Å²) in [5.41, 5.74) is 8.32. The van der Waals surface area contributed by atoms with E-state index in [2.05, 4.69) is 24.3 Å². The third-order valence-corrected chi connectivity index (χ3v) is 8.48. The van der Waals surface area contributed by atoms with Gasteiger partial charge in [0.15, 0.2) is 0 Å². The number of amides is 1. The average Bonchev–Trinajstić information content (AvgIpc) is 3.26. The van der Waals surface area contributed by atoms with E-state index in [1.165, 1.54) is 24.8 Å². The predicted octanol–water partition coefficient (Wildman–Crippen LogP) is 5.75. The quantitative estimate of drug-likeness (QED) is 0.523. The fourth-order valence-corrected chi connectivity index (χ4v) is 6.32. The summed E-state index contributed by atoms with van der Waals surface area (Å²) in [4.78, 5) is 27.7. The van der Waals surface area contributed by atoms with Gasteiger partial charge in [0.1, 0.15) is 11.2 Å². The second-order valence-electron chi connectivity index (χ2n) is 13.7. The van der Waals surface area contributed by atoms with Gasteiger partial charge in [-0.05, 0) is 115 Å². The molecule has 5 rings (SSSR count).